The van der Waals surface area contributed by atoms with E-state index in [0.29, 0.717) is 23.2 Å². The minimum Gasteiger partial charge on any atom is -0.370 e. The predicted molar refractivity (Wildman–Crippen MR) is 89.5 cm³/mol. The molecule has 0 spiro atoms. The normalized spacial score (nSPS) is 10.7. The molecule has 2 rings (SSSR count). The average Bonchev–Trinajstić information content (AvgIpc) is 2.83. The van der Waals surface area contributed by atoms with Crippen LogP contribution in [-0.4, -0.2) is 32.2 Å². The van der Waals surface area contributed by atoms with Crippen molar-refractivity contribution in [3.05, 3.63) is 40.7 Å². The van der Waals surface area contributed by atoms with Gasteiger partial charge in [-0.1, -0.05) is 35.5 Å². The molecule has 0 aliphatic heterocycles. The summed E-state index contributed by atoms with van der Waals surface area (Å²) in [6.07, 6.45) is 0.683. The molecule has 1 aromatic heterocycles. The van der Waals surface area contributed by atoms with Crippen LogP contribution in [0.4, 0.5) is 0 Å². The molecule has 122 valence electrons. The molecule has 0 radical (unpaired) electrons. The van der Waals surface area contributed by atoms with Gasteiger partial charge in [0.25, 0.3) is 0 Å². The highest BCUT2D eigenvalue weighted by Gasteiger charge is 2.14. The van der Waals surface area contributed by atoms with E-state index in [2.05, 4.69) is 10.2 Å². The van der Waals surface area contributed by atoms with Gasteiger partial charge >= 0.3 is 0 Å². The molecule has 0 unspecified atom stereocenters. The maximum atomic E-state index is 12.3. The van der Waals surface area contributed by atoms with Crippen LogP contribution in [0.25, 0.3) is 0 Å². The third-order valence-corrected chi connectivity index (χ3v) is 4.56. The summed E-state index contributed by atoms with van der Waals surface area (Å²) in [5, 5.41) is 8.76. The molecular weight excluding hydrogens is 312 g/mol. The van der Waals surface area contributed by atoms with E-state index in [1.807, 2.05) is 39.1 Å². The number of ketones is 1. The van der Waals surface area contributed by atoms with Gasteiger partial charge in [-0.3, -0.25) is 9.59 Å². The fraction of sp³-hybridized carbons (Fsp3) is 0.375. The first-order valence-corrected chi connectivity index (χ1v) is 8.27. The zero-order valence-electron chi connectivity index (χ0n) is 13.5. The Hall–Kier alpha value is -2.15. The van der Waals surface area contributed by atoms with Crippen molar-refractivity contribution in [3.63, 3.8) is 0 Å². The average molecular weight is 332 g/mol. The van der Waals surface area contributed by atoms with E-state index in [9.17, 15) is 9.59 Å². The van der Waals surface area contributed by atoms with Crippen molar-refractivity contribution in [2.45, 2.75) is 31.8 Å². The van der Waals surface area contributed by atoms with E-state index in [-0.39, 0.29) is 18.1 Å². The third kappa shape index (κ3) is 4.41. The molecule has 0 bridgehead atoms. The van der Waals surface area contributed by atoms with Gasteiger partial charge in [0, 0.05) is 25.5 Å². The molecule has 0 fully saturated rings. The molecule has 2 aromatic rings. The largest absolute Gasteiger partial charge is 0.370 e. The second kappa shape index (κ2) is 7.41. The summed E-state index contributed by atoms with van der Waals surface area (Å²) in [6, 6.07) is 5.81. The van der Waals surface area contributed by atoms with Crippen molar-refractivity contribution in [1.82, 2.24) is 14.8 Å². The Morgan fingerprint density at radius 3 is 2.65 bits per heavy atom. The number of primary amides is 1. The minimum absolute atomic E-state index is 0.0641. The van der Waals surface area contributed by atoms with Crippen LogP contribution in [-0.2, 0) is 18.3 Å². The zero-order valence-corrected chi connectivity index (χ0v) is 14.3. The van der Waals surface area contributed by atoms with E-state index in [1.54, 1.807) is 4.57 Å². The number of aryl methyl sites for hydroxylation is 3. The second-order valence-corrected chi connectivity index (χ2v) is 6.40. The Bertz CT molecular complexity index is 740. The van der Waals surface area contributed by atoms with Gasteiger partial charge in [-0.25, -0.2) is 0 Å². The molecule has 0 atom stereocenters. The summed E-state index contributed by atoms with van der Waals surface area (Å²) in [5.41, 5.74) is 7.99. The fourth-order valence-corrected chi connectivity index (χ4v) is 3.07. The van der Waals surface area contributed by atoms with E-state index < -0.39 is 0 Å². The number of amides is 1. The first-order valence-electron chi connectivity index (χ1n) is 7.28. The lowest BCUT2D eigenvalue weighted by atomic mass is 10.0. The highest BCUT2D eigenvalue weighted by molar-refractivity contribution is 7.99. The highest BCUT2D eigenvalue weighted by Crippen LogP contribution is 2.19. The molecule has 2 N–H and O–H groups in total. The molecule has 7 heteroatoms. The second-order valence-electron chi connectivity index (χ2n) is 5.45. The van der Waals surface area contributed by atoms with Gasteiger partial charge in [0.1, 0.15) is 5.82 Å². The lowest BCUT2D eigenvalue weighted by Gasteiger charge is -2.06. The van der Waals surface area contributed by atoms with E-state index >= 15 is 0 Å². The van der Waals surface area contributed by atoms with Crippen molar-refractivity contribution in [3.8, 4) is 0 Å². The first kappa shape index (κ1) is 17.2. The summed E-state index contributed by atoms with van der Waals surface area (Å²) in [6.45, 7) is 3.94. The van der Waals surface area contributed by atoms with Gasteiger partial charge in [0.05, 0.1) is 5.75 Å². The summed E-state index contributed by atoms with van der Waals surface area (Å²) in [4.78, 5) is 23.2. The van der Waals surface area contributed by atoms with Crippen LogP contribution in [0.1, 0.15) is 33.7 Å². The standard InChI is InChI=1S/C16H20N4O2S/c1-10-4-5-12(11(2)8-10)13(21)9-23-16-19-18-15(20(16)3)7-6-14(17)22/h4-5,8H,6-7,9H2,1-3H3,(H2,17,22). The number of carbonyl (C=O) groups excluding carboxylic acids is 2. The number of benzene rings is 1. The number of carbonyl (C=O) groups is 2. The maximum Gasteiger partial charge on any atom is 0.217 e. The molecule has 0 saturated carbocycles. The fourth-order valence-electron chi connectivity index (χ4n) is 2.26. The summed E-state index contributed by atoms with van der Waals surface area (Å²) in [5.74, 6) is 0.678. The van der Waals surface area contributed by atoms with Gasteiger partial charge < -0.3 is 10.3 Å². The van der Waals surface area contributed by atoms with Crippen LogP contribution in [0.5, 0.6) is 0 Å². The Labute approximate surface area is 139 Å². The Morgan fingerprint density at radius 1 is 1.26 bits per heavy atom. The lowest BCUT2D eigenvalue weighted by Crippen LogP contribution is -2.13. The van der Waals surface area contributed by atoms with Crippen molar-refractivity contribution in [1.29, 1.82) is 0 Å². The predicted octanol–water partition coefficient (Wildman–Crippen LogP) is 1.82. The number of rotatable bonds is 7. The van der Waals surface area contributed by atoms with Crippen molar-refractivity contribution < 1.29 is 9.59 Å². The zero-order chi connectivity index (χ0) is 17.0. The number of nitrogens with zero attached hydrogens (tertiary/aromatic N) is 3. The quantitative estimate of drug-likeness (QED) is 0.617. The van der Waals surface area contributed by atoms with Crippen LogP contribution in [0.3, 0.4) is 0 Å². The van der Waals surface area contributed by atoms with Gasteiger partial charge in [0.2, 0.25) is 5.91 Å². The number of hydrogen-bond donors (Lipinski definition) is 1. The molecule has 0 saturated heterocycles. The molecule has 1 aromatic carbocycles. The van der Waals surface area contributed by atoms with Crippen molar-refractivity contribution in [2.75, 3.05) is 5.75 Å². The van der Waals surface area contributed by atoms with Crippen LogP contribution in [0.2, 0.25) is 0 Å². The molecule has 1 heterocycles. The number of nitrogens with two attached hydrogens (primary N) is 1. The Morgan fingerprint density at radius 2 is 2.00 bits per heavy atom. The molecule has 23 heavy (non-hydrogen) atoms. The number of thioether (sulfide) groups is 1. The molecule has 6 nitrogen and oxygen atoms in total. The summed E-state index contributed by atoms with van der Waals surface area (Å²) in [7, 11) is 1.82. The SMILES string of the molecule is Cc1ccc(C(=O)CSc2nnc(CCC(N)=O)n2C)c(C)c1. The molecule has 0 aliphatic carbocycles. The topological polar surface area (TPSA) is 90.9 Å². The Balaban J connectivity index is 2.00. The number of Topliss-reactive ketones (excluding diaryl/α,β-unsaturated/α-hetero) is 1. The number of hydrogen-bond acceptors (Lipinski definition) is 5. The minimum atomic E-state index is -0.368. The number of aromatic nitrogens is 3. The molecule has 0 aliphatic rings. The van der Waals surface area contributed by atoms with Gasteiger partial charge in [0.15, 0.2) is 10.9 Å². The summed E-state index contributed by atoms with van der Waals surface area (Å²) >= 11 is 1.34. The Kier molecular flexibility index (Phi) is 5.54. The first-order chi connectivity index (χ1) is 10.9. The van der Waals surface area contributed by atoms with Crippen LogP contribution >= 0.6 is 11.8 Å². The van der Waals surface area contributed by atoms with Crippen LogP contribution in [0.15, 0.2) is 23.4 Å². The third-order valence-electron chi connectivity index (χ3n) is 3.53. The van der Waals surface area contributed by atoms with E-state index in [4.69, 9.17) is 5.73 Å². The van der Waals surface area contributed by atoms with Gasteiger partial charge in [-0.2, -0.15) is 0 Å². The smallest absolute Gasteiger partial charge is 0.217 e. The molecule has 1 amide bonds. The van der Waals surface area contributed by atoms with Crippen LogP contribution < -0.4 is 5.73 Å². The van der Waals surface area contributed by atoms with Gasteiger partial charge in [-0.15, -0.1) is 10.2 Å². The highest BCUT2D eigenvalue weighted by atomic mass is 32.2. The maximum absolute atomic E-state index is 12.3. The van der Waals surface area contributed by atoms with E-state index in [1.165, 1.54) is 11.8 Å². The van der Waals surface area contributed by atoms with Crippen molar-refractivity contribution in [2.24, 2.45) is 12.8 Å². The van der Waals surface area contributed by atoms with Gasteiger partial charge in [-0.05, 0) is 19.4 Å². The summed E-state index contributed by atoms with van der Waals surface area (Å²) < 4.78 is 1.79. The van der Waals surface area contributed by atoms with Crippen molar-refractivity contribution >= 4 is 23.5 Å². The monoisotopic (exact) mass is 332 g/mol. The van der Waals surface area contributed by atoms with Crippen LogP contribution in [0, 0.1) is 13.8 Å². The molecular formula is C16H20N4O2S. The lowest BCUT2D eigenvalue weighted by molar-refractivity contribution is -0.118. The van der Waals surface area contributed by atoms with E-state index in [0.717, 1.165) is 16.7 Å².